The summed E-state index contributed by atoms with van der Waals surface area (Å²) >= 11 is 0. The summed E-state index contributed by atoms with van der Waals surface area (Å²) in [5.41, 5.74) is 7.79. The maximum Gasteiger partial charge on any atom is 0.150 e. The van der Waals surface area contributed by atoms with E-state index in [1.54, 1.807) is 0 Å². The van der Waals surface area contributed by atoms with Crippen molar-refractivity contribution in [3.8, 4) is 0 Å². The van der Waals surface area contributed by atoms with Crippen molar-refractivity contribution in [2.24, 2.45) is 0 Å². The van der Waals surface area contributed by atoms with Gasteiger partial charge in [-0.15, -0.1) is 0 Å². The van der Waals surface area contributed by atoms with Crippen molar-refractivity contribution >= 4 is 11.5 Å². The standard InChI is InChI=1S/C10H18N4/c1-4-14-10(9(11)7(2)12-14)13(3)8-5-6-8/h8H,4-6,11H2,1-3H3. The second-order valence-corrected chi connectivity index (χ2v) is 3.98. The lowest BCUT2D eigenvalue weighted by atomic mass is 10.3. The topological polar surface area (TPSA) is 47.1 Å². The van der Waals surface area contributed by atoms with Gasteiger partial charge in [-0.25, -0.2) is 4.68 Å². The van der Waals surface area contributed by atoms with Crippen molar-refractivity contribution in [1.82, 2.24) is 9.78 Å². The van der Waals surface area contributed by atoms with Gasteiger partial charge in [0.15, 0.2) is 5.82 Å². The Morgan fingerprint density at radius 1 is 1.57 bits per heavy atom. The molecule has 4 nitrogen and oxygen atoms in total. The first-order valence-corrected chi connectivity index (χ1v) is 5.20. The summed E-state index contributed by atoms with van der Waals surface area (Å²) in [6, 6.07) is 0.679. The number of nitrogens with zero attached hydrogens (tertiary/aromatic N) is 3. The number of aryl methyl sites for hydroxylation is 2. The lowest BCUT2D eigenvalue weighted by Gasteiger charge is -2.20. The van der Waals surface area contributed by atoms with Gasteiger partial charge in [0.2, 0.25) is 0 Å². The van der Waals surface area contributed by atoms with Crippen LogP contribution in [0.1, 0.15) is 25.5 Å². The maximum atomic E-state index is 6.02. The molecule has 0 spiro atoms. The number of nitrogen functional groups attached to an aromatic ring is 1. The van der Waals surface area contributed by atoms with Crippen molar-refractivity contribution in [1.29, 1.82) is 0 Å². The Hall–Kier alpha value is -1.19. The summed E-state index contributed by atoms with van der Waals surface area (Å²) in [7, 11) is 2.11. The van der Waals surface area contributed by atoms with Gasteiger partial charge >= 0.3 is 0 Å². The van der Waals surface area contributed by atoms with Gasteiger partial charge in [-0.2, -0.15) is 5.10 Å². The van der Waals surface area contributed by atoms with Gasteiger partial charge in [0.1, 0.15) is 0 Å². The van der Waals surface area contributed by atoms with Crippen molar-refractivity contribution < 1.29 is 0 Å². The summed E-state index contributed by atoms with van der Waals surface area (Å²) in [5.74, 6) is 1.09. The first-order chi connectivity index (χ1) is 6.65. The molecule has 2 rings (SSSR count). The van der Waals surface area contributed by atoms with Crippen LogP contribution < -0.4 is 10.6 Å². The summed E-state index contributed by atoms with van der Waals surface area (Å²) in [4.78, 5) is 2.26. The number of hydrogen-bond donors (Lipinski definition) is 1. The Morgan fingerprint density at radius 3 is 2.71 bits per heavy atom. The zero-order valence-electron chi connectivity index (χ0n) is 9.12. The van der Waals surface area contributed by atoms with Gasteiger partial charge < -0.3 is 10.6 Å². The fourth-order valence-electron chi connectivity index (χ4n) is 1.81. The first-order valence-electron chi connectivity index (χ1n) is 5.20. The Bertz CT molecular complexity index is 338. The molecule has 0 aromatic carbocycles. The molecule has 0 saturated heterocycles. The summed E-state index contributed by atoms with van der Waals surface area (Å²) in [6.07, 6.45) is 2.56. The third kappa shape index (κ3) is 1.35. The van der Waals surface area contributed by atoms with Crippen LogP contribution in [0.25, 0.3) is 0 Å². The zero-order chi connectivity index (χ0) is 10.3. The van der Waals surface area contributed by atoms with Crippen LogP contribution in [0.2, 0.25) is 0 Å². The molecule has 0 bridgehead atoms. The third-order valence-corrected chi connectivity index (χ3v) is 2.87. The van der Waals surface area contributed by atoms with E-state index in [9.17, 15) is 0 Å². The number of rotatable bonds is 3. The van der Waals surface area contributed by atoms with Crippen LogP contribution in [0.15, 0.2) is 0 Å². The minimum atomic E-state index is 0.679. The summed E-state index contributed by atoms with van der Waals surface area (Å²) in [5, 5.41) is 4.41. The van der Waals surface area contributed by atoms with Crippen LogP contribution in [0.3, 0.4) is 0 Å². The van der Waals surface area contributed by atoms with Crippen LogP contribution in [-0.4, -0.2) is 22.9 Å². The molecule has 0 amide bonds. The van der Waals surface area contributed by atoms with E-state index in [0.717, 1.165) is 23.7 Å². The third-order valence-electron chi connectivity index (χ3n) is 2.87. The molecule has 14 heavy (non-hydrogen) atoms. The molecule has 1 aliphatic carbocycles. The van der Waals surface area contributed by atoms with Crippen LogP contribution in [-0.2, 0) is 6.54 Å². The predicted octanol–water partition coefficient (Wildman–Crippen LogP) is 1.39. The Balaban J connectivity index is 2.37. The fourth-order valence-corrected chi connectivity index (χ4v) is 1.81. The monoisotopic (exact) mass is 194 g/mol. The number of hydrogen-bond acceptors (Lipinski definition) is 3. The van der Waals surface area contributed by atoms with E-state index in [1.165, 1.54) is 12.8 Å². The molecule has 1 fully saturated rings. The normalized spacial score (nSPS) is 15.9. The van der Waals surface area contributed by atoms with E-state index in [4.69, 9.17) is 5.73 Å². The number of nitrogens with two attached hydrogens (primary N) is 1. The van der Waals surface area contributed by atoms with E-state index in [-0.39, 0.29) is 0 Å². The van der Waals surface area contributed by atoms with Gasteiger partial charge in [-0.1, -0.05) is 0 Å². The highest BCUT2D eigenvalue weighted by atomic mass is 15.4. The van der Waals surface area contributed by atoms with Crippen molar-refractivity contribution in [3.05, 3.63) is 5.69 Å². The molecule has 0 atom stereocenters. The van der Waals surface area contributed by atoms with Crippen LogP contribution in [0.4, 0.5) is 11.5 Å². The van der Waals surface area contributed by atoms with E-state index in [2.05, 4.69) is 24.0 Å². The highest BCUT2D eigenvalue weighted by Gasteiger charge is 2.30. The molecular formula is C10H18N4. The quantitative estimate of drug-likeness (QED) is 0.791. The van der Waals surface area contributed by atoms with Crippen LogP contribution in [0.5, 0.6) is 0 Å². The molecule has 0 aliphatic heterocycles. The highest BCUT2D eigenvalue weighted by molar-refractivity contribution is 5.66. The fraction of sp³-hybridized carbons (Fsp3) is 0.700. The molecule has 0 radical (unpaired) electrons. The molecule has 4 heteroatoms. The number of anilines is 2. The SMILES string of the molecule is CCn1nc(C)c(N)c1N(C)C1CC1. The Labute approximate surface area is 84.7 Å². The van der Waals surface area contributed by atoms with Crippen molar-refractivity contribution in [2.45, 2.75) is 39.3 Å². The minimum absolute atomic E-state index is 0.679. The maximum absolute atomic E-state index is 6.02. The first kappa shape index (κ1) is 9.37. The van der Waals surface area contributed by atoms with E-state index in [1.807, 2.05) is 11.6 Å². The number of aromatic nitrogens is 2. The minimum Gasteiger partial charge on any atom is -0.394 e. The second kappa shape index (κ2) is 3.19. The Kier molecular flexibility index (Phi) is 2.13. The molecule has 78 valence electrons. The molecule has 2 N–H and O–H groups in total. The average molecular weight is 194 g/mol. The van der Waals surface area contributed by atoms with Crippen LogP contribution in [0, 0.1) is 6.92 Å². The molecule has 0 unspecified atom stereocenters. The summed E-state index contributed by atoms with van der Waals surface area (Å²) in [6.45, 7) is 4.94. The van der Waals surface area contributed by atoms with Crippen molar-refractivity contribution in [3.63, 3.8) is 0 Å². The van der Waals surface area contributed by atoms with Gasteiger partial charge in [0, 0.05) is 19.6 Å². The molecule has 1 aromatic rings. The highest BCUT2D eigenvalue weighted by Crippen LogP contribution is 2.34. The molecular weight excluding hydrogens is 176 g/mol. The second-order valence-electron chi connectivity index (χ2n) is 3.98. The van der Waals surface area contributed by atoms with Gasteiger partial charge in [-0.3, -0.25) is 0 Å². The summed E-state index contributed by atoms with van der Waals surface area (Å²) < 4.78 is 1.99. The van der Waals surface area contributed by atoms with Gasteiger partial charge in [0.05, 0.1) is 11.4 Å². The molecule has 1 aromatic heterocycles. The molecule has 1 aliphatic rings. The van der Waals surface area contributed by atoms with Crippen molar-refractivity contribution in [2.75, 3.05) is 17.7 Å². The zero-order valence-corrected chi connectivity index (χ0v) is 9.12. The lowest BCUT2D eigenvalue weighted by molar-refractivity contribution is 0.640. The molecule has 1 saturated carbocycles. The average Bonchev–Trinajstić information content (AvgIpc) is 2.95. The van der Waals surface area contributed by atoms with Gasteiger partial charge in [-0.05, 0) is 26.7 Å². The van der Waals surface area contributed by atoms with Crippen LogP contribution >= 0.6 is 0 Å². The predicted molar refractivity (Wildman–Crippen MR) is 58.5 cm³/mol. The lowest BCUT2D eigenvalue weighted by Crippen LogP contribution is -2.23. The smallest absolute Gasteiger partial charge is 0.150 e. The van der Waals surface area contributed by atoms with E-state index < -0.39 is 0 Å². The van der Waals surface area contributed by atoms with E-state index in [0.29, 0.717) is 6.04 Å². The Morgan fingerprint density at radius 2 is 2.21 bits per heavy atom. The largest absolute Gasteiger partial charge is 0.394 e. The van der Waals surface area contributed by atoms with Gasteiger partial charge in [0.25, 0.3) is 0 Å². The molecule has 1 heterocycles. The van der Waals surface area contributed by atoms with E-state index >= 15 is 0 Å².